The first kappa shape index (κ1) is 17.4. The van der Waals surface area contributed by atoms with Crippen molar-refractivity contribution in [1.82, 2.24) is 9.62 Å². The summed E-state index contributed by atoms with van der Waals surface area (Å²) in [7, 11) is -3.59. The smallest absolute Gasteiger partial charge is 0.242 e. The maximum absolute atomic E-state index is 12.3. The molecule has 0 radical (unpaired) electrons. The molecular formula is C15H16BrClN2O2S2. The summed E-state index contributed by atoms with van der Waals surface area (Å²) in [5, 5.41) is 2.33. The van der Waals surface area contributed by atoms with Gasteiger partial charge in [0.05, 0.1) is 5.02 Å². The minimum atomic E-state index is -3.59. The maximum Gasteiger partial charge on any atom is 0.242 e. The van der Waals surface area contributed by atoms with Gasteiger partial charge in [-0.2, -0.15) is 0 Å². The molecule has 3 rings (SSSR count). The van der Waals surface area contributed by atoms with Gasteiger partial charge in [-0.15, -0.1) is 11.3 Å². The van der Waals surface area contributed by atoms with Gasteiger partial charge in [-0.25, -0.2) is 13.1 Å². The number of halogens is 2. The van der Waals surface area contributed by atoms with E-state index in [9.17, 15) is 8.42 Å². The van der Waals surface area contributed by atoms with Crippen molar-refractivity contribution in [3.8, 4) is 0 Å². The summed E-state index contributed by atoms with van der Waals surface area (Å²) in [6, 6.07) is 6.91. The van der Waals surface area contributed by atoms with E-state index < -0.39 is 10.0 Å². The van der Waals surface area contributed by atoms with Gasteiger partial charge in [-0.3, -0.25) is 4.90 Å². The molecule has 0 fully saturated rings. The zero-order valence-corrected chi connectivity index (χ0v) is 16.2. The SMILES string of the molecule is O=S(=O)(NCCN1CCc2sccc2C1)c1ccc(Br)cc1Cl. The summed E-state index contributed by atoms with van der Waals surface area (Å²) < 4.78 is 28.1. The molecule has 0 amide bonds. The van der Waals surface area contributed by atoms with Gasteiger partial charge in [0, 0.05) is 35.5 Å². The summed E-state index contributed by atoms with van der Waals surface area (Å²) in [4.78, 5) is 3.82. The predicted molar refractivity (Wildman–Crippen MR) is 97.6 cm³/mol. The van der Waals surface area contributed by atoms with E-state index in [1.54, 1.807) is 23.5 Å². The second kappa shape index (κ2) is 7.21. The van der Waals surface area contributed by atoms with Gasteiger partial charge < -0.3 is 0 Å². The van der Waals surface area contributed by atoms with Crippen molar-refractivity contribution >= 4 is 48.9 Å². The number of nitrogens with zero attached hydrogens (tertiary/aromatic N) is 1. The van der Waals surface area contributed by atoms with Crippen molar-refractivity contribution in [2.45, 2.75) is 17.9 Å². The molecule has 0 bridgehead atoms. The van der Waals surface area contributed by atoms with Crippen molar-refractivity contribution in [2.75, 3.05) is 19.6 Å². The fourth-order valence-corrected chi connectivity index (χ4v) is 5.55. The summed E-state index contributed by atoms with van der Waals surface area (Å²) >= 11 is 11.1. The average Bonchev–Trinajstić information content (AvgIpc) is 2.94. The fraction of sp³-hybridized carbons (Fsp3) is 0.333. The number of hydrogen-bond donors (Lipinski definition) is 1. The average molecular weight is 436 g/mol. The molecule has 0 saturated heterocycles. The Labute approximate surface area is 153 Å². The molecule has 2 heterocycles. The van der Waals surface area contributed by atoms with Gasteiger partial charge in [0.2, 0.25) is 10.0 Å². The van der Waals surface area contributed by atoms with Crippen LogP contribution in [0.5, 0.6) is 0 Å². The summed E-state index contributed by atoms with van der Waals surface area (Å²) in [5.74, 6) is 0. The van der Waals surface area contributed by atoms with Crippen LogP contribution in [-0.2, 0) is 23.0 Å². The molecule has 1 aromatic carbocycles. The number of thiophene rings is 1. The van der Waals surface area contributed by atoms with Crippen molar-refractivity contribution in [1.29, 1.82) is 0 Å². The second-order valence-electron chi connectivity index (χ2n) is 5.37. The first-order valence-electron chi connectivity index (χ1n) is 7.18. The molecule has 0 unspecified atom stereocenters. The summed E-state index contributed by atoms with van der Waals surface area (Å²) in [6.07, 6.45) is 1.04. The minimum absolute atomic E-state index is 0.112. The van der Waals surface area contributed by atoms with Crippen molar-refractivity contribution in [3.05, 3.63) is 49.6 Å². The molecular weight excluding hydrogens is 420 g/mol. The number of hydrogen-bond acceptors (Lipinski definition) is 4. The van der Waals surface area contributed by atoms with Gasteiger partial charge in [-0.1, -0.05) is 27.5 Å². The number of rotatable bonds is 5. The molecule has 4 nitrogen and oxygen atoms in total. The van der Waals surface area contributed by atoms with E-state index in [0.717, 1.165) is 24.0 Å². The maximum atomic E-state index is 12.3. The Morgan fingerprint density at radius 2 is 2.17 bits per heavy atom. The van der Waals surface area contributed by atoms with Crippen LogP contribution in [0, 0.1) is 0 Å². The molecule has 2 aromatic rings. The van der Waals surface area contributed by atoms with Crippen LogP contribution in [0.1, 0.15) is 10.4 Å². The summed E-state index contributed by atoms with van der Waals surface area (Å²) in [6.45, 7) is 2.91. The van der Waals surface area contributed by atoms with E-state index in [-0.39, 0.29) is 9.92 Å². The first-order valence-corrected chi connectivity index (χ1v) is 10.7. The molecule has 0 spiro atoms. The highest BCUT2D eigenvalue weighted by Crippen LogP contribution is 2.25. The van der Waals surface area contributed by atoms with Gasteiger partial charge >= 0.3 is 0 Å². The predicted octanol–water partition coefficient (Wildman–Crippen LogP) is 3.50. The molecule has 0 saturated carbocycles. The highest BCUT2D eigenvalue weighted by Gasteiger charge is 2.20. The Kier molecular flexibility index (Phi) is 5.45. The Balaban J connectivity index is 1.58. The van der Waals surface area contributed by atoms with Crippen LogP contribution in [0.3, 0.4) is 0 Å². The molecule has 124 valence electrons. The second-order valence-corrected chi connectivity index (χ2v) is 9.43. The topological polar surface area (TPSA) is 49.4 Å². The van der Waals surface area contributed by atoms with E-state index in [1.807, 2.05) is 0 Å². The third kappa shape index (κ3) is 4.15. The highest BCUT2D eigenvalue weighted by molar-refractivity contribution is 9.10. The molecule has 1 N–H and O–H groups in total. The Hall–Kier alpha value is -0.440. The molecule has 8 heteroatoms. The zero-order valence-electron chi connectivity index (χ0n) is 12.3. The van der Waals surface area contributed by atoms with Crippen molar-refractivity contribution in [3.63, 3.8) is 0 Å². The first-order chi connectivity index (χ1) is 11.0. The molecule has 0 atom stereocenters. The molecule has 1 aliphatic heterocycles. The monoisotopic (exact) mass is 434 g/mol. The van der Waals surface area contributed by atoms with Gasteiger partial charge in [0.25, 0.3) is 0 Å². The lowest BCUT2D eigenvalue weighted by Gasteiger charge is -2.26. The van der Waals surface area contributed by atoms with Crippen LogP contribution in [0.25, 0.3) is 0 Å². The Morgan fingerprint density at radius 3 is 2.96 bits per heavy atom. The number of nitrogens with one attached hydrogen (secondary N) is 1. The van der Waals surface area contributed by atoms with Crippen LogP contribution >= 0.6 is 38.9 Å². The van der Waals surface area contributed by atoms with Gasteiger partial charge in [0.15, 0.2) is 0 Å². The number of sulfonamides is 1. The molecule has 1 aromatic heterocycles. The third-order valence-corrected chi connectivity index (χ3v) is 7.25. The van der Waals surface area contributed by atoms with Crippen LogP contribution in [-0.4, -0.2) is 33.0 Å². The van der Waals surface area contributed by atoms with E-state index in [2.05, 4.69) is 37.0 Å². The van der Waals surface area contributed by atoms with Crippen LogP contribution in [0.2, 0.25) is 5.02 Å². The largest absolute Gasteiger partial charge is 0.297 e. The Bertz CT molecular complexity index is 808. The lowest BCUT2D eigenvalue weighted by Crippen LogP contribution is -2.37. The quantitative estimate of drug-likeness (QED) is 0.782. The normalized spacial score (nSPS) is 15.6. The third-order valence-electron chi connectivity index (χ3n) is 3.79. The minimum Gasteiger partial charge on any atom is -0.297 e. The van der Waals surface area contributed by atoms with E-state index in [4.69, 9.17) is 11.6 Å². The van der Waals surface area contributed by atoms with Crippen molar-refractivity contribution in [2.24, 2.45) is 0 Å². The number of fused-ring (bicyclic) bond motifs is 1. The molecule has 1 aliphatic rings. The molecule has 0 aliphatic carbocycles. The lowest BCUT2D eigenvalue weighted by molar-refractivity contribution is 0.260. The standard InChI is InChI=1S/C15H16BrClN2O2S2/c16-12-1-2-15(13(17)9-12)23(20,21)18-5-7-19-6-3-14-11(10-19)4-8-22-14/h1-2,4,8-9,18H,3,5-7,10H2. The molecule has 23 heavy (non-hydrogen) atoms. The van der Waals surface area contributed by atoms with Crippen molar-refractivity contribution < 1.29 is 8.42 Å². The van der Waals surface area contributed by atoms with Crippen LogP contribution < -0.4 is 4.72 Å². The number of benzene rings is 1. The van der Waals surface area contributed by atoms with Gasteiger partial charge in [-0.05, 0) is 41.6 Å². The van der Waals surface area contributed by atoms with E-state index in [1.165, 1.54) is 16.5 Å². The zero-order chi connectivity index (χ0) is 16.4. The fourth-order valence-electron chi connectivity index (χ4n) is 2.61. The highest BCUT2D eigenvalue weighted by atomic mass is 79.9. The van der Waals surface area contributed by atoms with Gasteiger partial charge in [0.1, 0.15) is 4.90 Å². The Morgan fingerprint density at radius 1 is 1.35 bits per heavy atom. The van der Waals surface area contributed by atoms with Crippen LogP contribution in [0.4, 0.5) is 0 Å². The van der Waals surface area contributed by atoms with Crippen LogP contribution in [0.15, 0.2) is 39.0 Å². The lowest BCUT2D eigenvalue weighted by atomic mass is 10.1. The summed E-state index contributed by atoms with van der Waals surface area (Å²) in [5.41, 5.74) is 1.36. The van der Waals surface area contributed by atoms with E-state index in [0.29, 0.717) is 13.1 Å². The van der Waals surface area contributed by atoms with E-state index >= 15 is 0 Å².